The standard InChI is InChI=1S/C11H20N2O3/c1-13-6-4-11(16,8-13)10(9(14)15)3-2-5-12-7-10/h12,16H,2-8H2,1H3,(H,14,15). The van der Waals surface area contributed by atoms with Crippen molar-refractivity contribution in [1.82, 2.24) is 10.2 Å². The molecule has 92 valence electrons. The molecular weight excluding hydrogens is 208 g/mol. The molecule has 0 radical (unpaired) electrons. The maximum Gasteiger partial charge on any atom is 0.313 e. The summed E-state index contributed by atoms with van der Waals surface area (Å²) in [7, 11) is 1.92. The van der Waals surface area contributed by atoms with Crippen LogP contribution in [-0.2, 0) is 4.79 Å². The van der Waals surface area contributed by atoms with Gasteiger partial charge in [0, 0.05) is 19.6 Å². The molecule has 0 bridgehead atoms. The summed E-state index contributed by atoms with van der Waals surface area (Å²) in [5.41, 5.74) is -2.09. The number of likely N-dealkylation sites (N-methyl/N-ethyl adjacent to an activating group) is 1. The minimum absolute atomic E-state index is 0.382. The highest BCUT2D eigenvalue weighted by Crippen LogP contribution is 2.43. The van der Waals surface area contributed by atoms with Crippen LogP contribution in [0.2, 0.25) is 0 Å². The number of nitrogens with one attached hydrogen (secondary N) is 1. The number of carboxylic acid groups (broad SMARTS) is 1. The number of hydrogen-bond acceptors (Lipinski definition) is 4. The largest absolute Gasteiger partial charge is 0.481 e. The topological polar surface area (TPSA) is 72.8 Å². The molecule has 2 aliphatic rings. The van der Waals surface area contributed by atoms with Crippen LogP contribution in [0.4, 0.5) is 0 Å². The normalized spacial score (nSPS) is 41.1. The third kappa shape index (κ3) is 1.63. The van der Waals surface area contributed by atoms with Crippen LogP contribution in [0.3, 0.4) is 0 Å². The van der Waals surface area contributed by atoms with Crippen LogP contribution in [0.25, 0.3) is 0 Å². The van der Waals surface area contributed by atoms with Crippen molar-refractivity contribution < 1.29 is 15.0 Å². The average Bonchev–Trinajstić information content (AvgIpc) is 2.61. The molecule has 2 fully saturated rings. The molecule has 2 rings (SSSR count). The van der Waals surface area contributed by atoms with Gasteiger partial charge in [-0.15, -0.1) is 0 Å². The second kappa shape index (κ2) is 3.98. The third-order valence-corrected chi connectivity index (χ3v) is 4.12. The van der Waals surface area contributed by atoms with E-state index in [2.05, 4.69) is 5.32 Å². The summed E-state index contributed by atoms with van der Waals surface area (Å²) < 4.78 is 0. The molecule has 2 saturated heterocycles. The molecule has 2 aliphatic heterocycles. The molecule has 0 aromatic heterocycles. The van der Waals surface area contributed by atoms with Gasteiger partial charge in [0.2, 0.25) is 0 Å². The molecule has 0 aromatic rings. The van der Waals surface area contributed by atoms with Crippen molar-refractivity contribution >= 4 is 5.97 Å². The van der Waals surface area contributed by atoms with Crippen molar-refractivity contribution in [1.29, 1.82) is 0 Å². The highest BCUT2D eigenvalue weighted by atomic mass is 16.4. The first-order valence-corrected chi connectivity index (χ1v) is 5.85. The van der Waals surface area contributed by atoms with Gasteiger partial charge in [0.15, 0.2) is 0 Å². The second-order valence-corrected chi connectivity index (χ2v) is 5.19. The molecular formula is C11H20N2O3. The molecule has 0 aromatic carbocycles. The van der Waals surface area contributed by atoms with Crippen LogP contribution in [0, 0.1) is 5.41 Å². The van der Waals surface area contributed by atoms with Gasteiger partial charge < -0.3 is 20.4 Å². The van der Waals surface area contributed by atoms with Gasteiger partial charge in [0.05, 0.1) is 5.60 Å². The van der Waals surface area contributed by atoms with Gasteiger partial charge in [-0.25, -0.2) is 0 Å². The minimum atomic E-state index is -1.08. The molecule has 2 unspecified atom stereocenters. The first-order valence-electron chi connectivity index (χ1n) is 5.85. The van der Waals surface area contributed by atoms with Crippen LogP contribution < -0.4 is 5.32 Å². The molecule has 3 N–H and O–H groups in total. The Morgan fingerprint density at radius 3 is 2.62 bits per heavy atom. The molecule has 5 heteroatoms. The number of carboxylic acids is 1. The molecule has 0 aliphatic carbocycles. The number of carbonyl (C=O) groups is 1. The lowest BCUT2D eigenvalue weighted by molar-refractivity contribution is -0.170. The van der Waals surface area contributed by atoms with E-state index < -0.39 is 17.0 Å². The smallest absolute Gasteiger partial charge is 0.313 e. The maximum atomic E-state index is 11.6. The van der Waals surface area contributed by atoms with Crippen LogP contribution in [-0.4, -0.2) is 59.9 Å². The summed E-state index contributed by atoms with van der Waals surface area (Å²) in [4.78, 5) is 13.6. The molecule has 0 spiro atoms. The third-order valence-electron chi connectivity index (χ3n) is 4.12. The predicted octanol–water partition coefficient (Wildman–Crippen LogP) is -0.493. The summed E-state index contributed by atoms with van der Waals surface area (Å²) in [5.74, 6) is -0.863. The Labute approximate surface area is 95.4 Å². The Morgan fingerprint density at radius 1 is 1.44 bits per heavy atom. The van der Waals surface area contributed by atoms with E-state index in [1.807, 2.05) is 11.9 Å². The van der Waals surface area contributed by atoms with E-state index in [-0.39, 0.29) is 0 Å². The zero-order valence-electron chi connectivity index (χ0n) is 9.70. The second-order valence-electron chi connectivity index (χ2n) is 5.19. The van der Waals surface area contributed by atoms with Crippen molar-refractivity contribution in [2.45, 2.75) is 24.9 Å². The molecule has 5 nitrogen and oxygen atoms in total. The Hall–Kier alpha value is -0.650. The number of aliphatic hydroxyl groups is 1. The highest BCUT2D eigenvalue weighted by Gasteiger charge is 2.58. The number of hydrogen-bond donors (Lipinski definition) is 3. The molecule has 0 saturated carbocycles. The summed E-state index contributed by atoms with van der Waals surface area (Å²) in [5, 5.41) is 23.2. The van der Waals surface area contributed by atoms with E-state index in [0.717, 1.165) is 19.5 Å². The Bertz CT molecular complexity index is 289. The van der Waals surface area contributed by atoms with Gasteiger partial charge in [-0.3, -0.25) is 4.79 Å². The quantitative estimate of drug-likeness (QED) is 0.594. The summed E-state index contributed by atoms with van der Waals surface area (Å²) >= 11 is 0. The highest BCUT2D eigenvalue weighted by molar-refractivity contribution is 5.77. The van der Waals surface area contributed by atoms with Gasteiger partial charge in [0.25, 0.3) is 0 Å². The van der Waals surface area contributed by atoms with E-state index in [1.54, 1.807) is 0 Å². The maximum absolute atomic E-state index is 11.6. The fourth-order valence-corrected chi connectivity index (χ4v) is 3.06. The van der Waals surface area contributed by atoms with Crippen LogP contribution in [0.15, 0.2) is 0 Å². The van der Waals surface area contributed by atoms with E-state index in [1.165, 1.54) is 0 Å². The van der Waals surface area contributed by atoms with E-state index in [9.17, 15) is 15.0 Å². The number of nitrogens with zero attached hydrogens (tertiary/aromatic N) is 1. The summed E-state index contributed by atoms with van der Waals surface area (Å²) in [6, 6.07) is 0. The van der Waals surface area contributed by atoms with Crippen LogP contribution in [0.5, 0.6) is 0 Å². The first-order chi connectivity index (χ1) is 7.50. The van der Waals surface area contributed by atoms with Crippen molar-refractivity contribution in [2.75, 3.05) is 33.2 Å². The molecule has 0 amide bonds. The van der Waals surface area contributed by atoms with Gasteiger partial charge in [-0.1, -0.05) is 0 Å². The van der Waals surface area contributed by atoms with Gasteiger partial charge in [0.1, 0.15) is 5.41 Å². The lowest BCUT2D eigenvalue weighted by Crippen LogP contribution is -2.61. The lowest BCUT2D eigenvalue weighted by Gasteiger charge is -2.44. The predicted molar refractivity (Wildman–Crippen MR) is 59.2 cm³/mol. The van der Waals surface area contributed by atoms with Crippen LogP contribution >= 0.6 is 0 Å². The number of piperidine rings is 1. The fraction of sp³-hybridized carbons (Fsp3) is 0.909. The number of rotatable bonds is 2. The van der Waals surface area contributed by atoms with Crippen molar-refractivity contribution in [3.63, 3.8) is 0 Å². The Kier molecular flexibility index (Phi) is 2.94. The van der Waals surface area contributed by atoms with E-state index in [4.69, 9.17) is 0 Å². The first kappa shape index (κ1) is 11.8. The van der Waals surface area contributed by atoms with E-state index in [0.29, 0.717) is 25.9 Å². The zero-order chi connectivity index (χ0) is 11.8. The molecule has 2 heterocycles. The zero-order valence-corrected chi connectivity index (χ0v) is 9.70. The van der Waals surface area contributed by atoms with Gasteiger partial charge in [-0.2, -0.15) is 0 Å². The Balaban J connectivity index is 2.28. The lowest BCUT2D eigenvalue weighted by atomic mass is 9.66. The van der Waals surface area contributed by atoms with E-state index >= 15 is 0 Å². The molecule has 16 heavy (non-hydrogen) atoms. The minimum Gasteiger partial charge on any atom is -0.481 e. The Morgan fingerprint density at radius 2 is 2.19 bits per heavy atom. The van der Waals surface area contributed by atoms with Crippen molar-refractivity contribution in [2.24, 2.45) is 5.41 Å². The SMILES string of the molecule is CN1CCC(O)(C2(C(=O)O)CCCNC2)C1. The number of β-amino-alcohol motifs (C(OH)–C–C–N with tert-alkyl or cyclic N) is 1. The van der Waals surface area contributed by atoms with Crippen LogP contribution in [0.1, 0.15) is 19.3 Å². The van der Waals surface area contributed by atoms with Gasteiger partial charge >= 0.3 is 5.97 Å². The molecule has 2 atom stereocenters. The monoisotopic (exact) mass is 228 g/mol. The van der Waals surface area contributed by atoms with Gasteiger partial charge in [-0.05, 0) is 32.9 Å². The average molecular weight is 228 g/mol. The van der Waals surface area contributed by atoms with Crippen molar-refractivity contribution in [3.8, 4) is 0 Å². The fourth-order valence-electron chi connectivity index (χ4n) is 3.06. The number of aliphatic carboxylic acids is 1. The summed E-state index contributed by atoms with van der Waals surface area (Å²) in [6.45, 7) is 2.46. The summed E-state index contributed by atoms with van der Waals surface area (Å²) in [6.07, 6.45) is 1.94. The number of likely N-dealkylation sites (tertiary alicyclic amines) is 1. The van der Waals surface area contributed by atoms with Crippen molar-refractivity contribution in [3.05, 3.63) is 0 Å².